The average molecular weight is 279 g/mol. The van der Waals surface area contributed by atoms with E-state index in [4.69, 9.17) is 9.47 Å². The summed E-state index contributed by atoms with van der Waals surface area (Å²) in [5, 5.41) is 10.2. The van der Waals surface area contributed by atoms with Crippen LogP contribution in [0.5, 0.6) is 0 Å². The highest BCUT2D eigenvalue weighted by Gasteiger charge is 2.37. The third-order valence-electron chi connectivity index (χ3n) is 3.42. The molecule has 0 unspecified atom stereocenters. The first-order valence-corrected chi connectivity index (χ1v) is 6.71. The molecule has 1 aromatic carbocycles. The summed E-state index contributed by atoms with van der Waals surface area (Å²) >= 11 is 0. The molecule has 2 rings (SSSR count). The number of ether oxygens (including phenoxy) is 2. The number of piperidine rings is 1. The van der Waals surface area contributed by atoms with E-state index in [-0.39, 0.29) is 19.3 Å². The maximum Gasteiger partial charge on any atom is 0.410 e. The Hall–Kier alpha value is -1.59. The lowest BCUT2D eigenvalue weighted by atomic mass is 9.93. The topological polar surface area (TPSA) is 59.0 Å². The fourth-order valence-corrected chi connectivity index (χ4v) is 2.45. The molecule has 0 spiro atoms. The summed E-state index contributed by atoms with van der Waals surface area (Å²) in [5.41, 5.74) is -0.00191. The van der Waals surface area contributed by atoms with Gasteiger partial charge in [0.2, 0.25) is 0 Å². The molecule has 0 aromatic heterocycles. The van der Waals surface area contributed by atoms with Gasteiger partial charge in [0.1, 0.15) is 6.61 Å². The van der Waals surface area contributed by atoms with Gasteiger partial charge in [0.25, 0.3) is 0 Å². The quantitative estimate of drug-likeness (QED) is 0.916. The average Bonchev–Trinajstić information content (AvgIpc) is 2.44. The Bertz CT molecular complexity index is 446. The predicted octanol–water partition coefficient (Wildman–Crippen LogP) is 1.79. The van der Waals surface area contributed by atoms with Crippen LogP contribution in [0.1, 0.15) is 18.9 Å². The molecule has 110 valence electrons. The van der Waals surface area contributed by atoms with E-state index in [1.54, 1.807) is 14.0 Å². The summed E-state index contributed by atoms with van der Waals surface area (Å²) in [6, 6.07) is 9.51. The summed E-state index contributed by atoms with van der Waals surface area (Å²) in [5.74, 6) is 0. The molecule has 1 amide bonds. The monoisotopic (exact) mass is 279 g/mol. The zero-order chi connectivity index (χ0) is 14.6. The Morgan fingerprint density at radius 1 is 1.45 bits per heavy atom. The number of likely N-dealkylation sites (tertiary alicyclic amines) is 1. The Morgan fingerprint density at radius 2 is 2.15 bits per heavy atom. The van der Waals surface area contributed by atoms with Crippen LogP contribution < -0.4 is 0 Å². The van der Waals surface area contributed by atoms with Crippen molar-refractivity contribution in [2.24, 2.45) is 0 Å². The van der Waals surface area contributed by atoms with Gasteiger partial charge in [0, 0.05) is 13.5 Å². The van der Waals surface area contributed by atoms with E-state index >= 15 is 0 Å². The van der Waals surface area contributed by atoms with Crippen LogP contribution in [0.3, 0.4) is 0 Å². The van der Waals surface area contributed by atoms with Gasteiger partial charge in [-0.05, 0) is 12.5 Å². The standard InChI is InChI=1S/C15H21NO4/c1-15(18)8-13(19-2)9-16(11-15)14(17)20-10-12-6-4-3-5-7-12/h3-7,13,18H,8-11H2,1-2H3/t13-,15+/m0/s1. The van der Waals surface area contributed by atoms with Gasteiger partial charge in [-0.15, -0.1) is 0 Å². The van der Waals surface area contributed by atoms with Gasteiger partial charge < -0.3 is 19.5 Å². The maximum atomic E-state index is 12.1. The first-order chi connectivity index (χ1) is 9.50. The van der Waals surface area contributed by atoms with E-state index in [0.717, 1.165) is 5.56 Å². The second-order valence-corrected chi connectivity index (χ2v) is 5.48. The van der Waals surface area contributed by atoms with Gasteiger partial charge in [-0.25, -0.2) is 4.79 Å². The number of hydrogen-bond acceptors (Lipinski definition) is 4. The fourth-order valence-electron chi connectivity index (χ4n) is 2.45. The summed E-state index contributed by atoms with van der Waals surface area (Å²) in [6.07, 6.45) is -0.0645. The van der Waals surface area contributed by atoms with Crippen LogP contribution in [0.4, 0.5) is 4.79 Å². The number of carbonyl (C=O) groups excluding carboxylic acids is 1. The normalized spacial score (nSPS) is 26.4. The van der Waals surface area contributed by atoms with E-state index in [1.165, 1.54) is 4.90 Å². The molecule has 1 aliphatic heterocycles. The molecule has 20 heavy (non-hydrogen) atoms. The first kappa shape index (κ1) is 14.8. The van der Waals surface area contributed by atoms with E-state index in [1.807, 2.05) is 30.3 Å². The number of carbonyl (C=O) groups is 1. The van der Waals surface area contributed by atoms with Crippen molar-refractivity contribution in [1.82, 2.24) is 4.90 Å². The molecular formula is C15H21NO4. The Labute approximate surface area is 119 Å². The van der Waals surface area contributed by atoms with Crippen molar-refractivity contribution in [2.75, 3.05) is 20.2 Å². The molecule has 1 fully saturated rings. The van der Waals surface area contributed by atoms with Gasteiger partial charge in [-0.1, -0.05) is 30.3 Å². The molecule has 1 saturated heterocycles. The van der Waals surface area contributed by atoms with Gasteiger partial charge in [0.15, 0.2) is 0 Å². The summed E-state index contributed by atoms with van der Waals surface area (Å²) < 4.78 is 10.5. The highest BCUT2D eigenvalue weighted by atomic mass is 16.6. The van der Waals surface area contributed by atoms with Crippen LogP contribution in [0, 0.1) is 0 Å². The molecule has 0 radical (unpaired) electrons. The molecular weight excluding hydrogens is 258 g/mol. The molecule has 1 aliphatic rings. The zero-order valence-corrected chi connectivity index (χ0v) is 11.9. The van der Waals surface area contributed by atoms with E-state index in [0.29, 0.717) is 13.0 Å². The highest BCUT2D eigenvalue weighted by molar-refractivity contribution is 5.68. The Morgan fingerprint density at radius 3 is 2.80 bits per heavy atom. The number of rotatable bonds is 3. The molecule has 1 N–H and O–H groups in total. The molecule has 0 saturated carbocycles. The van der Waals surface area contributed by atoms with Crippen LogP contribution in [0.15, 0.2) is 30.3 Å². The number of β-amino-alcohol motifs (C(OH)–C–C–N with tert-alkyl or cyclic N) is 1. The zero-order valence-electron chi connectivity index (χ0n) is 11.9. The molecule has 1 aromatic rings. The molecule has 0 aliphatic carbocycles. The van der Waals surface area contributed by atoms with Gasteiger partial charge in [-0.3, -0.25) is 0 Å². The summed E-state index contributed by atoms with van der Waals surface area (Å²) in [4.78, 5) is 13.6. The second kappa shape index (κ2) is 6.24. The Balaban J connectivity index is 1.91. The molecule has 5 heteroatoms. The highest BCUT2D eigenvalue weighted by Crippen LogP contribution is 2.23. The molecule has 1 heterocycles. The van der Waals surface area contributed by atoms with Gasteiger partial charge >= 0.3 is 6.09 Å². The van der Waals surface area contributed by atoms with Crippen molar-refractivity contribution in [1.29, 1.82) is 0 Å². The Kier molecular flexibility index (Phi) is 4.62. The van der Waals surface area contributed by atoms with Crippen molar-refractivity contribution in [3.63, 3.8) is 0 Å². The van der Waals surface area contributed by atoms with Crippen molar-refractivity contribution in [2.45, 2.75) is 31.7 Å². The van der Waals surface area contributed by atoms with Crippen molar-refractivity contribution in [3.8, 4) is 0 Å². The number of methoxy groups -OCH3 is 1. The smallest absolute Gasteiger partial charge is 0.410 e. The maximum absolute atomic E-state index is 12.1. The van der Waals surface area contributed by atoms with Crippen LogP contribution >= 0.6 is 0 Å². The number of aliphatic hydroxyl groups is 1. The number of hydrogen-bond donors (Lipinski definition) is 1. The van der Waals surface area contributed by atoms with Crippen LogP contribution in [-0.4, -0.2) is 48.0 Å². The van der Waals surface area contributed by atoms with Crippen LogP contribution in [-0.2, 0) is 16.1 Å². The summed E-state index contributed by atoms with van der Waals surface area (Å²) in [7, 11) is 1.58. The van der Waals surface area contributed by atoms with E-state index < -0.39 is 11.7 Å². The largest absolute Gasteiger partial charge is 0.445 e. The van der Waals surface area contributed by atoms with Gasteiger partial charge in [-0.2, -0.15) is 0 Å². The van der Waals surface area contributed by atoms with Gasteiger partial charge in [0.05, 0.1) is 24.8 Å². The fraction of sp³-hybridized carbons (Fsp3) is 0.533. The second-order valence-electron chi connectivity index (χ2n) is 5.48. The SMILES string of the molecule is CO[C@@H]1CN(C(=O)OCc2ccccc2)C[C@](C)(O)C1. The van der Waals surface area contributed by atoms with Crippen molar-refractivity contribution < 1.29 is 19.4 Å². The van der Waals surface area contributed by atoms with E-state index in [9.17, 15) is 9.90 Å². The first-order valence-electron chi connectivity index (χ1n) is 6.71. The van der Waals surface area contributed by atoms with Crippen molar-refractivity contribution in [3.05, 3.63) is 35.9 Å². The minimum Gasteiger partial charge on any atom is -0.445 e. The lowest BCUT2D eigenvalue weighted by Gasteiger charge is -2.40. The molecule has 2 atom stereocenters. The minimum atomic E-state index is -0.940. The number of benzene rings is 1. The summed E-state index contributed by atoms with van der Waals surface area (Å²) in [6.45, 7) is 2.65. The lowest BCUT2D eigenvalue weighted by molar-refractivity contribution is -0.0772. The van der Waals surface area contributed by atoms with Crippen LogP contribution in [0.2, 0.25) is 0 Å². The number of nitrogens with zero attached hydrogens (tertiary/aromatic N) is 1. The lowest BCUT2D eigenvalue weighted by Crippen LogP contribution is -2.54. The molecule has 5 nitrogen and oxygen atoms in total. The third kappa shape index (κ3) is 3.95. The predicted molar refractivity (Wildman–Crippen MR) is 74.2 cm³/mol. The minimum absolute atomic E-state index is 0.164. The third-order valence-corrected chi connectivity index (χ3v) is 3.42. The van der Waals surface area contributed by atoms with Crippen molar-refractivity contribution >= 4 is 6.09 Å². The van der Waals surface area contributed by atoms with E-state index in [2.05, 4.69) is 0 Å². The van der Waals surface area contributed by atoms with Crippen LogP contribution in [0.25, 0.3) is 0 Å². The molecule has 0 bridgehead atoms. The number of amides is 1.